The van der Waals surface area contributed by atoms with Crippen molar-refractivity contribution < 1.29 is 4.79 Å². The summed E-state index contributed by atoms with van der Waals surface area (Å²) in [5, 5.41) is 18.8. The molecule has 146 valence electrons. The van der Waals surface area contributed by atoms with E-state index in [1.165, 1.54) is 18.9 Å². The number of aromatic nitrogens is 6. The molecule has 0 radical (unpaired) electrons. The SMILES string of the molecule is Cc1cccc(Cc2ccc3c(C=N)c(C(=O)NCn4cnnc4)n(C)c3n2)n1. The number of pyridine rings is 2. The van der Waals surface area contributed by atoms with Crippen LogP contribution in [0, 0.1) is 12.3 Å². The third kappa shape index (κ3) is 3.62. The van der Waals surface area contributed by atoms with Gasteiger partial charge in [-0.05, 0) is 31.2 Å². The lowest BCUT2D eigenvalue weighted by Crippen LogP contribution is -2.28. The summed E-state index contributed by atoms with van der Waals surface area (Å²) in [5.74, 6) is -0.292. The van der Waals surface area contributed by atoms with Gasteiger partial charge in [-0.2, -0.15) is 0 Å². The van der Waals surface area contributed by atoms with Crippen LogP contribution >= 0.6 is 0 Å². The Morgan fingerprint density at radius 1 is 1.14 bits per heavy atom. The molecule has 2 N–H and O–H groups in total. The van der Waals surface area contributed by atoms with Crippen molar-refractivity contribution in [3.05, 3.63) is 71.3 Å². The van der Waals surface area contributed by atoms with Gasteiger partial charge in [-0.25, -0.2) is 4.98 Å². The summed E-state index contributed by atoms with van der Waals surface area (Å²) < 4.78 is 3.38. The highest BCUT2D eigenvalue weighted by Gasteiger charge is 2.21. The van der Waals surface area contributed by atoms with Crippen LogP contribution in [-0.4, -0.2) is 41.4 Å². The lowest BCUT2D eigenvalue weighted by Gasteiger charge is -2.07. The maximum Gasteiger partial charge on any atom is 0.270 e. The smallest absolute Gasteiger partial charge is 0.270 e. The van der Waals surface area contributed by atoms with E-state index in [-0.39, 0.29) is 12.6 Å². The molecule has 0 aliphatic carbocycles. The third-order valence-corrected chi connectivity index (χ3v) is 4.69. The van der Waals surface area contributed by atoms with Crippen LogP contribution in [0.1, 0.15) is 33.1 Å². The Morgan fingerprint density at radius 2 is 1.90 bits per heavy atom. The van der Waals surface area contributed by atoms with E-state index in [1.54, 1.807) is 16.2 Å². The summed E-state index contributed by atoms with van der Waals surface area (Å²) in [6, 6.07) is 9.72. The van der Waals surface area contributed by atoms with Crippen LogP contribution in [0.15, 0.2) is 43.0 Å². The number of fused-ring (bicyclic) bond motifs is 1. The summed E-state index contributed by atoms with van der Waals surface area (Å²) in [6.07, 6.45) is 4.83. The number of hydrogen-bond acceptors (Lipinski definition) is 6. The Labute approximate surface area is 166 Å². The van der Waals surface area contributed by atoms with E-state index >= 15 is 0 Å². The minimum atomic E-state index is -0.292. The average molecular weight is 388 g/mol. The van der Waals surface area contributed by atoms with Crippen molar-refractivity contribution in [2.45, 2.75) is 20.0 Å². The fraction of sp³-hybridized carbons (Fsp3) is 0.200. The van der Waals surface area contributed by atoms with E-state index in [1.807, 2.05) is 37.3 Å². The molecule has 0 atom stereocenters. The first-order valence-electron chi connectivity index (χ1n) is 9.08. The second-order valence-corrected chi connectivity index (χ2v) is 6.73. The van der Waals surface area contributed by atoms with Gasteiger partial charge in [0.2, 0.25) is 0 Å². The fourth-order valence-electron chi connectivity index (χ4n) is 3.32. The normalized spacial score (nSPS) is 11.0. The number of aryl methyl sites for hydroxylation is 2. The molecule has 0 bridgehead atoms. The molecule has 0 spiro atoms. The van der Waals surface area contributed by atoms with Gasteiger partial charge in [-0.1, -0.05) is 6.07 Å². The molecule has 0 saturated carbocycles. The molecule has 9 nitrogen and oxygen atoms in total. The Bertz CT molecular complexity index is 1190. The first kappa shape index (κ1) is 18.5. The third-order valence-electron chi connectivity index (χ3n) is 4.69. The molecule has 0 aliphatic heterocycles. The topological polar surface area (TPSA) is 114 Å². The Morgan fingerprint density at radius 3 is 2.62 bits per heavy atom. The van der Waals surface area contributed by atoms with Gasteiger partial charge in [-0.15, -0.1) is 10.2 Å². The summed E-state index contributed by atoms with van der Waals surface area (Å²) in [6.45, 7) is 2.20. The summed E-state index contributed by atoms with van der Waals surface area (Å²) in [5.41, 5.74) is 4.33. The first-order chi connectivity index (χ1) is 14.1. The van der Waals surface area contributed by atoms with E-state index in [0.29, 0.717) is 23.3 Å². The van der Waals surface area contributed by atoms with Gasteiger partial charge in [0.15, 0.2) is 0 Å². The Hall–Kier alpha value is -3.88. The molecule has 0 aliphatic rings. The van der Waals surface area contributed by atoms with Crippen LogP contribution in [0.2, 0.25) is 0 Å². The molecule has 0 saturated heterocycles. The maximum absolute atomic E-state index is 12.8. The van der Waals surface area contributed by atoms with E-state index < -0.39 is 0 Å². The standard InChI is InChI=1S/C20H20N8O/c1-13-4-3-5-14(25-13)8-15-6-7-16-17(9-21)18(27(2)19(16)26-15)20(29)22-10-28-11-23-24-12-28/h3-7,9,11-12,21H,8,10H2,1-2H3,(H,22,29). The molecule has 4 aromatic heterocycles. The lowest BCUT2D eigenvalue weighted by molar-refractivity contribution is 0.0934. The summed E-state index contributed by atoms with van der Waals surface area (Å²) in [4.78, 5) is 22.1. The average Bonchev–Trinajstić information content (AvgIpc) is 3.32. The van der Waals surface area contributed by atoms with Crippen LogP contribution in [0.4, 0.5) is 0 Å². The maximum atomic E-state index is 12.8. The minimum absolute atomic E-state index is 0.239. The largest absolute Gasteiger partial charge is 0.333 e. The number of nitrogens with one attached hydrogen (secondary N) is 2. The second-order valence-electron chi connectivity index (χ2n) is 6.73. The fourth-order valence-corrected chi connectivity index (χ4v) is 3.32. The quantitative estimate of drug-likeness (QED) is 0.489. The van der Waals surface area contributed by atoms with Crippen molar-refractivity contribution in [3.63, 3.8) is 0 Å². The lowest BCUT2D eigenvalue weighted by atomic mass is 10.1. The highest BCUT2D eigenvalue weighted by Crippen LogP contribution is 2.24. The first-order valence-corrected chi connectivity index (χ1v) is 9.08. The Balaban J connectivity index is 1.67. The molecular formula is C20H20N8O. The van der Waals surface area contributed by atoms with E-state index in [4.69, 9.17) is 10.4 Å². The molecule has 4 heterocycles. The number of amides is 1. The van der Waals surface area contributed by atoms with Crippen LogP contribution < -0.4 is 5.32 Å². The molecule has 1 amide bonds. The highest BCUT2D eigenvalue weighted by atomic mass is 16.2. The van der Waals surface area contributed by atoms with Gasteiger partial charge in [0.1, 0.15) is 24.0 Å². The van der Waals surface area contributed by atoms with E-state index in [9.17, 15) is 4.79 Å². The van der Waals surface area contributed by atoms with Crippen molar-refractivity contribution in [1.29, 1.82) is 5.41 Å². The summed E-state index contributed by atoms with van der Waals surface area (Å²) in [7, 11) is 1.78. The number of rotatable bonds is 6. The van der Waals surface area contributed by atoms with Gasteiger partial charge in [0.05, 0.1) is 6.67 Å². The van der Waals surface area contributed by atoms with Gasteiger partial charge >= 0.3 is 0 Å². The predicted octanol–water partition coefficient (Wildman–Crippen LogP) is 1.84. The number of carbonyl (C=O) groups excluding carboxylic acids is 1. The molecular weight excluding hydrogens is 368 g/mol. The minimum Gasteiger partial charge on any atom is -0.333 e. The van der Waals surface area contributed by atoms with Crippen LogP contribution in [0.5, 0.6) is 0 Å². The van der Waals surface area contributed by atoms with Gasteiger partial charge in [0, 0.05) is 47.7 Å². The number of nitrogens with zero attached hydrogens (tertiary/aromatic N) is 6. The summed E-state index contributed by atoms with van der Waals surface area (Å²) >= 11 is 0. The molecule has 9 heteroatoms. The van der Waals surface area contributed by atoms with Gasteiger partial charge in [0.25, 0.3) is 5.91 Å². The van der Waals surface area contributed by atoms with Crippen LogP contribution in [0.3, 0.4) is 0 Å². The molecule has 4 aromatic rings. The van der Waals surface area contributed by atoms with Crippen molar-refractivity contribution in [2.75, 3.05) is 0 Å². The van der Waals surface area contributed by atoms with Crippen molar-refractivity contribution in [2.24, 2.45) is 7.05 Å². The monoisotopic (exact) mass is 388 g/mol. The Kier molecular flexibility index (Phi) is 4.86. The zero-order chi connectivity index (χ0) is 20.4. The van der Waals surface area contributed by atoms with Crippen molar-refractivity contribution >= 4 is 23.2 Å². The van der Waals surface area contributed by atoms with Crippen molar-refractivity contribution in [1.82, 2.24) is 34.6 Å². The molecule has 0 unspecified atom stereocenters. The van der Waals surface area contributed by atoms with Crippen molar-refractivity contribution in [3.8, 4) is 0 Å². The number of hydrogen-bond donors (Lipinski definition) is 2. The predicted molar refractivity (Wildman–Crippen MR) is 108 cm³/mol. The molecule has 4 rings (SSSR count). The zero-order valence-electron chi connectivity index (χ0n) is 16.1. The van der Waals surface area contributed by atoms with Gasteiger partial charge in [-0.3, -0.25) is 9.78 Å². The van der Waals surface area contributed by atoms with Crippen LogP contribution in [0.25, 0.3) is 11.0 Å². The molecule has 0 fully saturated rings. The number of carbonyl (C=O) groups is 1. The highest BCUT2D eigenvalue weighted by molar-refractivity contribution is 6.09. The molecule has 29 heavy (non-hydrogen) atoms. The van der Waals surface area contributed by atoms with Gasteiger partial charge < -0.3 is 19.9 Å². The van der Waals surface area contributed by atoms with E-state index in [2.05, 4.69) is 20.5 Å². The van der Waals surface area contributed by atoms with Crippen LogP contribution in [-0.2, 0) is 20.1 Å². The van der Waals surface area contributed by atoms with E-state index in [0.717, 1.165) is 22.5 Å². The molecule has 0 aromatic carbocycles. The zero-order valence-corrected chi connectivity index (χ0v) is 16.1. The second kappa shape index (κ2) is 7.63.